The van der Waals surface area contributed by atoms with Crippen LogP contribution in [-0.2, 0) is 91.0 Å². The molecule has 3 aromatic carbocycles. The number of nitrogens with two attached hydrogens (primary N) is 2. The minimum atomic E-state index is -4.58. The maximum absolute atomic E-state index is 17.0. The largest absolute Gasteiger partial charge is 0.389 e. The van der Waals surface area contributed by atoms with Crippen molar-refractivity contribution in [3.8, 4) is 22.5 Å². The fourth-order valence-electron chi connectivity index (χ4n) is 12.1. The summed E-state index contributed by atoms with van der Waals surface area (Å²) in [6.07, 6.45) is -0.915. The number of aromatic nitrogens is 11. The Morgan fingerprint density at radius 1 is 0.727 bits per heavy atom. The number of anilines is 4. The van der Waals surface area contributed by atoms with Crippen LogP contribution in [0, 0.1) is 0 Å². The number of rotatable bonds is 27. The highest BCUT2D eigenvalue weighted by molar-refractivity contribution is 8.54. The monoisotopic (exact) mass is 1460 g/mol. The minimum Gasteiger partial charge on any atom is -0.382 e. The van der Waals surface area contributed by atoms with Gasteiger partial charge in [0.2, 0.25) is 23.6 Å². The smallest absolute Gasteiger partial charge is 0.382 e. The van der Waals surface area contributed by atoms with Gasteiger partial charge in [0.1, 0.15) is 61.4 Å². The Kier molecular flexibility index (Phi) is 23.8. The number of amides is 4. The third kappa shape index (κ3) is 17.0. The normalized spacial score (nSPS) is 23.0. The van der Waals surface area contributed by atoms with Crippen molar-refractivity contribution in [1.82, 2.24) is 64.7 Å². The number of ether oxygens (including phenoxy) is 2. The maximum Gasteiger partial charge on any atom is 0.389 e. The summed E-state index contributed by atoms with van der Waals surface area (Å²) in [4.78, 5) is 79.5. The van der Waals surface area contributed by atoms with Crippen molar-refractivity contribution in [2.75, 3.05) is 54.6 Å². The molecule has 0 aliphatic carbocycles. The zero-order chi connectivity index (χ0) is 69.0. The lowest BCUT2D eigenvalue weighted by Gasteiger charge is -2.29. The van der Waals surface area contributed by atoms with E-state index >= 15 is 13.3 Å². The van der Waals surface area contributed by atoms with E-state index < -0.39 is 83.4 Å². The molecule has 0 spiro atoms. The number of fused-ring (bicyclic) bond motifs is 9. The van der Waals surface area contributed by atoms with Crippen molar-refractivity contribution in [3.05, 3.63) is 109 Å². The van der Waals surface area contributed by atoms with Crippen LogP contribution in [0.4, 0.5) is 31.8 Å². The molecule has 0 bridgehead atoms. The van der Waals surface area contributed by atoms with E-state index in [-0.39, 0.29) is 76.8 Å². The number of nitrogen functional groups attached to an aromatic ring is 2. The van der Waals surface area contributed by atoms with Crippen molar-refractivity contribution < 1.29 is 69.2 Å². The second-order valence-corrected chi connectivity index (χ2v) is 29.7. The van der Waals surface area contributed by atoms with Gasteiger partial charge in [-0.25, -0.2) is 47.9 Å². The van der Waals surface area contributed by atoms with Gasteiger partial charge in [-0.1, -0.05) is 79.1 Å². The number of hydrogen-bond acceptors (Lipinski definition) is 25. The molecule has 2 unspecified atom stereocenters. The molecule has 30 nitrogen and oxygen atoms in total. The van der Waals surface area contributed by atoms with Gasteiger partial charge in [0.05, 0.1) is 56.9 Å². The SMILES string of the molecule is Nc1ncnc2c1ncn2[C@@H]1O[C@@H]2COP(=O)(SCc3ccc(NC(=O)CNC(=O)CCCCCn4nnc5c4-c4ccccc4N(C(=O)CCCCC(=O)NCCCCCCOP=S)Cc4ccccc4-5)cc3)O[C@H]3[C@@H](F)[C@H](n4cnc5c(N)ncnc54)O[C@@H]3CO[PH](=O)O[C@H]2[C@H]1F. The number of unbranched alkanes of at least 4 members (excludes halogenated alkanes) is 6. The quantitative estimate of drug-likeness (QED) is 0.0236. The van der Waals surface area contributed by atoms with Crippen LogP contribution in [0.15, 0.2) is 98.1 Å². The highest BCUT2D eigenvalue weighted by atomic mass is 32.7. The van der Waals surface area contributed by atoms with Gasteiger partial charge >= 0.3 is 15.1 Å². The van der Waals surface area contributed by atoms with Gasteiger partial charge in [0.25, 0.3) is 0 Å². The van der Waals surface area contributed by atoms with Gasteiger partial charge in [0.15, 0.2) is 47.7 Å². The topological polar surface area (TPSA) is 376 Å². The van der Waals surface area contributed by atoms with E-state index in [0.717, 1.165) is 66.4 Å². The number of hydrogen-bond donors (Lipinski definition) is 5. The number of alkyl halides is 2. The lowest BCUT2D eigenvalue weighted by atomic mass is 9.95. The molecule has 0 saturated carbocycles. The molecule has 37 heteroatoms. The van der Waals surface area contributed by atoms with Crippen molar-refractivity contribution in [3.63, 3.8) is 0 Å². The summed E-state index contributed by atoms with van der Waals surface area (Å²) in [7, 11) is -3.06. The minimum absolute atomic E-state index is 0.0197. The van der Waals surface area contributed by atoms with Gasteiger partial charge in [-0.15, -0.1) is 5.10 Å². The zero-order valence-corrected chi connectivity index (χ0v) is 57.7. The Labute approximate surface area is 577 Å². The van der Waals surface area contributed by atoms with Crippen molar-refractivity contribution in [1.29, 1.82) is 0 Å². The molecule has 5 aromatic heterocycles. The van der Waals surface area contributed by atoms with Crippen molar-refractivity contribution >= 4 is 115 Å². The first-order chi connectivity index (χ1) is 48.1. The van der Waals surface area contributed by atoms with Gasteiger partial charge in [0, 0.05) is 54.9 Å². The van der Waals surface area contributed by atoms with Crippen molar-refractivity contribution in [2.45, 2.75) is 145 Å². The Morgan fingerprint density at radius 2 is 1.36 bits per heavy atom. The Bertz CT molecular complexity index is 4280. The van der Waals surface area contributed by atoms with Crippen LogP contribution in [0.25, 0.3) is 44.8 Å². The zero-order valence-electron chi connectivity index (χ0n) is 53.3. The molecule has 12 rings (SSSR count). The maximum atomic E-state index is 17.0. The first-order valence-electron chi connectivity index (χ1n) is 32.3. The molecule has 4 aliphatic rings. The molecular formula is C62H72F2N17O13P3S2. The average molecular weight is 1460 g/mol. The van der Waals surface area contributed by atoms with Crippen LogP contribution >= 0.6 is 34.0 Å². The molecule has 8 aromatic rings. The molecule has 9 heterocycles. The number of nitrogens with zero attached hydrogens (tertiary/aromatic N) is 12. The van der Waals surface area contributed by atoms with Gasteiger partial charge in [-0.3, -0.25) is 41.9 Å². The van der Waals surface area contributed by atoms with Crippen LogP contribution in [0.1, 0.15) is 101 Å². The van der Waals surface area contributed by atoms with Crippen LogP contribution in [0.3, 0.4) is 0 Å². The number of carbonyl (C=O) groups is 4. The Hall–Kier alpha value is -7.71. The average Bonchev–Trinajstić information content (AvgIpc) is 1.68. The highest BCUT2D eigenvalue weighted by Crippen LogP contribution is 2.64. The predicted molar refractivity (Wildman–Crippen MR) is 365 cm³/mol. The third-order valence-electron chi connectivity index (χ3n) is 17.1. The molecule has 10 atom stereocenters. The molecule has 3 fully saturated rings. The summed E-state index contributed by atoms with van der Waals surface area (Å²) >= 11 is 5.45. The molecule has 7 N–H and O–H groups in total. The van der Waals surface area contributed by atoms with E-state index in [4.69, 9.17) is 55.4 Å². The molecule has 4 aliphatic heterocycles. The summed E-state index contributed by atoms with van der Waals surface area (Å²) in [5, 5.41) is 17.7. The van der Waals surface area contributed by atoms with E-state index in [1.807, 2.05) is 58.1 Å². The summed E-state index contributed by atoms with van der Waals surface area (Å²) in [6, 6.07) is 22.1. The number of benzene rings is 3. The van der Waals surface area contributed by atoms with E-state index in [2.05, 4.69) is 56.2 Å². The summed E-state index contributed by atoms with van der Waals surface area (Å²) in [5.74, 6) is -0.906. The van der Waals surface area contributed by atoms with Crippen LogP contribution in [-0.4, -0.2) is 147 Å². The van der Waals surface area contributed by atoms with Gasteiger partial charge in [-0.05, 0) is 91.0 Å². The fraction of sp³-hybridized carbons (Fsp3) is 0.452. The highest BCUT2D eigenvalue weighted by Gasteiger charge is 2.54. The molecule has 4 amide bonds. The van der Waals surface area contributed by atoms with Crippen LogP contribution < -0.4 is 32.3 Å². The summed E-state index contributed by atoms with van der Waals surface area (Å²) in [5.41, 5.74) is 18.3. The number of nitrogens with one attached hydrogen (secondary N) is 3. The molecule has 0 radical (unpaired) electrons. The molecular weight excluding hydrogens is 1390 g/mol. The second kappa shape index (κ2) is 33.2. The predicted octanol–water partition coefficient (Wildman–Crippen LogP) is 9.21. The first-order valence-corrected chi connectivity index (χ1v) is 38.5. The Morgan fingerprint density at radius 3 is 2.09 bits per heavy atom. The number of para-hydroxylation sites is 1. The number of imidazole rings is 2. The van der Waals surface area contributed by atoms with Crippen LogP contribution in [0.2, 0.25) is 0 Å². The third-order valence-corrected chi connectivity index (χ3v) is 22.2. The lowest BCUT2D eigenvalue weighted by Crippen LogP contribution is -2.36. The molecule has 524 valence electrons. The van der Waals surface area contributed by atoms with Gasteiger partial charge in [-0.2, -0.15) is 0 Å². The first kappa shape index (κ1) is 71.1. The number of carbonyl (C=O) groups excluding carboxylic acids is 4. The number of aryl methyl sites for hydroxylation is 1. The molecule has 3 saturated heterocycles. The van der Waals surface area contributed by atoms with E-state index in [0.29, 0.717) is 101 Å². The lowest BCUT2D eigenvalue weighted by molar-refractivity contribution is -0.124. The standard InChI is InChI=1S/C62H72F2N17O13P3S2/c63-49-55-44(92-61(49)79-35-73-52-57(65)69-33-71-59(52)79)31-90-97(87,94-56-43(30-89-96(86)93-55)91-62(50(56)64)80-36-74-53-58(66)70-34-72-60(53)80)99-32-37-21-23-39(24-22-37)75-47(84)28-68-46(83)18-4-3-12-26-81-54-41-16-7-8-17-42(41)78(29-38-14-5-6-15-40(38)51(54)76-77-81)48(85)20-10-9-19-45(82)67-25-11-1-2-13-27-88-95-98/h5-8,14-17,21-24,33-36,43-44,49-50,55-56,61-62,96H,1-4,9-13,18-20,25-32H2,(H,67,82)(H,68,83)(H,75,84)(H2,65,69,71)(H2,66,70,72)/t43-,44-,49-,50-,55-,56-,61-,62-,97?/m1/s1. The number of halogens is 2. The summed E-state index contributed by atoms with van der Waals surface area (Å²) in [6.45, 7) is -4.13. The fourth-order valence-corrected chi connectivity index (χ4v) is 16.8. The van der Waals surface area contributed by atoms with E-state index in [9.17, 15) is 23.7 Å². The second-order valence-electron chi connectivity index (χ2n) is 23.8. The van der Waals surface area contributed by atoms with E-state index in [1.165, 1.54) is 21.8 Å². The van der Waals surface area contributed by atoms with E-state index in [1.54, 1.807) is 24.3 Å². The molecule has 99 heavy (non-hydrogen) atoms. The van der Waals surface area contributed by atoms with Crippen LogP contribution in [0.5, 0.6) is 0 Å². The summed E-state index contributed by atoms with van der Waals surface area (Å²) < 4.78 is 107. The van der Waals surface area contributed by atoms with Gasteiger partial charge < -0.3 is 55.4 Å². The Balaban J connectivity index is 0.628. The van der Waals surface area contributed by atoms with Crippen molar-refractivity contribution in [2.24, 2.45) is 0 Å².